The van der Waals surface area contributed by atoms with Crippen molar-refractivity contribution in [3.8, 4) is 0 Å². The van der Waals surface area contributed by atoms with E-state index in [1.54, 1.807) is 13.1 Å². The molecule has 0 spiro atoms. The van der Waals surface area contributed by atoms with Gasteiger partial charge in [0.25, 0.3) is 0 Å². The van der Waals surface area contributed by atoms with Gasteiger partial charge in [-0.25, -0.2) is 24.0 Å². The number of aryl methyl sites for hydroxylation is 1. The lowest BCUT2D eigenvalue weighted by molar-refractivity contribution is 0.580. The van der Waals surface area contributed by atoms with E-state index in [2.05, 4.69) is 25.1 Å². The molecule has 0 amide bonds. The summed E-state index contributed by atoms with van der Waals surface area (Å²) in [5.74, 6) is 5.37. The second kappa shape index (κ2) is 6.31. The summed E-state index contributed by atoms with van der Waals surface area (Å²) < 4.78 is 26.6. The topological polar surface area (TPSA) is 123 Å². The fourth-order valence-electron chi connectivity index (χ4n) is 1.44. The maximum absolute atomic E-state index is 12.1. The highest BCUT2D eigenvalue weighted by atomic mass is 35.5. The molecular formula is C11H13ClN6O2S. The molecule has 4 N–H and O–H groups in total. The third kappa shape index (κ3) is 3.85. The number of halogens is 1. The van der Waals surface area contributed by atoms with E-state index in [9.17, 15) is 8.42 Å². The quantitative estimate of drug-likeness (QED) is 0.542. The molecule has 2 heterocycles. The zero-order valence-electron chi connectivity index (χ0n) is 11.0. The summed E-state index contributed by atoms with van der Waals surface area (Å²) in [4.78, 5) is 11.8. The minimum atomic E-state index is -3.75. The van der Waals surface area contributed by atoms with Gasteiger partial charge in [-0.3, -0.25) is 9.97 Å². The summed E-state index contributed by atoms with van der Waals surface area (Å²) in [6.07, 6.45) is 4.22. The molecule has 0 radical (unpaired) electrons. The average molecular weight is 329 g/mol. The third-order valence-corrected chi connectivity index (χ3v) is 4.20. The molecule has 112 valence electrons. The second-order valence-electron chi connectivity index (χ2n) is 4.12. The van der Waals surface area contributed by atoms with E-state index >= 15 is 0 Å². The highest BCUT2D eigenvalue weighted by molar-refractivity contribution is 7.89. The van der Waals surface area contributed by atoms with Crippen LogP contribution in [-0.2, 0) is 16.6 Å². The Morgan fingerprint density at radius 3 is 2.57 bits per heavy atom. The van der Waals surface area contributed by atoms with Crippen molar-refractivity contribution in [1.82, 2.24) is 19.7 Å². The lowest BCUT2D eigenvalue weighted by Crippen LogP contribution is -2.24. The first-order chi connectivity index (χ1) is 9.92. The van der Waals surface area contributed by atoms with E-state index in [1.165, 1.54) is 12.3 Å². The van der Waals surface area contributed by atoms with Gasteiger partial charge in [-0.15, -0.1) is 0 Å². The van der Waals surface area contributed by atoms with E-state index in [1.807, 2.05) is 0 Å². The van der Waals surface area contributed by atoms with Gasteiger partial charge >= 0.3 is 0 Å². The Balaban J connectivity index is 2.14. The van der Waals surface area contributed by atoms with Gasteiger partial charge in [-0.05, 0) is 13.0 Å². The Morgan fingerprint density at radius 1 is 1.24 bits per heavy atom. The Bertz CT molecular complexity index is 735. The number of nitrogen functional groups attached to an aromatic ring is 1. The molecule has 0 aliphatic carbocycles. The van der Waals surface area contributed by atoms with Crippen LogP contribution in [0, 0.1) is 6.92 Å². The van der Waals surface area contributed by atoms with E-state index in [-0.39, 0.29) is 22.3 Å². The molecule has 2 aromatic rings. The molecule has 0 atom stereocenters. The molecule has 0 aliphatic rings. The van der Waals surface area contributed by atoms with Crippen LogP contribution in [0.2, 0.25) is 5.02 Å². The number of rotatable bonds is 5. The van der Waals surface area contributed by atoms with Crippen LogP contribution in [0.3, 0.4) is 0 Å². The molecule has 10 heteroatoms. The second-order valence-corrected chi connectivity index (χ2v) is 6.29. The summed E-state index contributed by atoms with van der Waals surface area (Å²) >= 11 is 5.85. The number of nitrogens with one attached hydrogen (secondary N) is 2. The fraction of sp³-hybridized carbons (Fsp3) is 0.182. The number of nitrogens with zero attached hydrogens (tertiary/aromatic N) is 3. The van der Waals surface area contributed by atoms with Crippen LogP contribution in [0.5, 0.6) is 0 Å². The summed E-state index contributed by atoms with van der Waals surface area (Å²) in [5, 5.41) is 0.107. The maximum Gasteiger partial charge on any atom is 0.242 e. The Hall–Kier alpha value is -1.81. The monoisotopic (exact) mass is 328 g/mol. The number of anilines is 1. The van der Waals surface area contributed by atoms with E-state index < -0.39 is 10.0 Å². The zero-order valence-corrected chi connectivity index (χ0v) is 12.6. The van der Waals surface area contributed by atoms with Crippen LogP contribution in [0.25, 0.3) is 0 Å². The summed E-state index contributed by atoms with van der Waals surface area (Å²) in [6.45, 7) is 1.81. The van der Waals surface area contributed by atoms with Crippen LogP contribution in [0.4, 0.5) is 5.82 Å². The van der Waals surface area contributed by atoms with Crippen molar-refractivity contribution in [3.05, 3.63) is 41.1 Å². The molecule has 0 saturated heterocycles. The van der Waals surface area contributed by atoms with Crippen molar-refractivity contribution in [3.63, 3.8) is 0 Å². The van der Waals surface area contributed by atoms with E-state index in [0.29, 0.717) is 5.69 Å². The summed E-state index contributed by atoms with van der Waals surface area (Å²) in [6, 6.07) is 1.26. The van der Waals surface area contributed by atoms with Crippen molar-refractivity contribution in [2.75, 3.05) is 5.43 Å². The SMILES string of the molecule is Cc1cnc(CNS(=O)(=O)c2cnc(NN)c(Cl)c2)cn1. The Morgan fingerprint density at radius 2 is 2.00 bits per heavy atom. The number of nitrogens with two attached hydrogens (primary N) is 1. The first-order valence-electron chi connectivity index (χ1n) is 5.82. The van der Waals surface area contributed by atoms with Gasteiger partial charge in [0, 0.05) is 12.4 Å². The molecule has 2 rings (SSSR count). The lowest BCUT2D eigenvalue weighted by Gasteiger charge is -2.08. The molecule has 0 aliphatic heterocycles. The predicted molar refractivity (Wildman–Crippen MR) is 77.9 cm³/mol. The van der Waals surface area contributed by atoms with Gasteiger partial charge in [0.05, 0.1) is 29.2 Å². The number of hydrazine groups is 1. The zero-order chi connectivity index (χ0) is 15.5. The van der Waals surface area contributed by atoms with Crippen LogP contribution in [0.1, 0.15) is 11.4 Å². The highest BCUT2D eigenvalue weighted by Gasteiger charge is 2.16. The fourth-order valence-corrected chi connectivity index (χ4v) is 2.69. The number of hydrogen-bond acceptors (Lipinski definition) is 7. The predicted octanol–water partition coefficient (Wildman–Crippen LogP) is 0.598. The summed E-state index contributed by atoms with van der Waals surface area (Å²) in [7, 11) is -3.75. The number of pyridine rings is 1. The van der Waals surface area contributed by atoms with Crippen LogP contribution >= 0.6 is 11.6 Å². The molecule has 0 unspecified atom stereocenters. The normalized spacial score (nSPS) is 11.4. The molecule has 0 bridgehead atoms. The van der Waals surface area contributed by atoms with Crippen molar-refractivity contribution in [1.29, 1.82) is 0 Å². The van der Waals surface area contributed by atoms with Crippen molar-refractivity contribution >= 4 is 27.4 Å². The van der Waals surface area contributed by atoms with Crippen LogP contribution in [-0.4, -0.2) is 23.4 Å². The highest BCUT2D eigenvalue weighted by Crippen LogP contribution is 2.21. The van der Waals surface area contributed by atoms with Gasteiger partial charge in [0.1, 0.15) is 4.90 Å². The molecule has 21 heavy (non-hydrogen) atoms. The Labute approximate surface area is 126 Å². The van der Waals surface area contributed by atoms with Crippen LogP contribution < -0.4 is 16.0 Å². The van der Waals surface area contributed by atoms with Gasteiger partial charge in [0.2, 0.25) is 10.0 Å². The van der Waals surface area contributed by atoms with E-state index in [4.69, 9.17) is 17.4 Å². The standard InChI is InChI=1S/C11H13ClN6O2S/c1-7-3-15-8(4-14-7)5-17-21(19,20)9-2-10(12)11(18-13)16-6-9/h2-4,6,17H,5,13H2,1H3,(H,16,18). The average Bonchev–Trinajstić information content (AvgIpc) is 2.46. The van der Waals surface area contributed by atoms with E-state index in [0.717, 1.165) is 11.9 Å². The largest absolute Gasteiger partial charge is 0.307 e. The molecule has 0 fully saturated rings. The van der Waals surface area contributed by atoms with Crippen molar-refractivity contribution < 1.29 is 8.42 Å². The summed E-state index contributed by atoms with van der Waals surface area (Å²) in [5.41, 5.74) is 3.52. The lowest BCUT2D eigenvalue weighted by atomic mass is 10.4. The Kier molecular flexibility index (Phi) is 4.68. The third-order valence-electron chi connectivity index (χ3n) is 2.54. The number of hydrogen-bond donors (Lipinski definition) is 3. The molecule has 8 nitrogen and oxygen atoms in total. The molecule has 0 aromatic carbocycles. The molecule has 2 aromatic heterocycles. The minimum absolute atomic E-state index is 0.0180. The maximum atomic E-state index is 12.1. The van der Waals surface area contributed by atoms with Crippen molar-refractivity contribution in [2.45, 2.75) is 18.4 Å². The van der Waals surface area contributed by atoms with Gasteiger partial charge < -0.3 is 5.43 Å². The number of aromatic nitrogens is 3. The van der Waals surface area contributed by atoms with Gasteiger partial charge in [0.15, 0.2) is 5.82 Å². The van der Waals surface area contributed by atoms with Crippen molar-refractivity contribution in [2.24, 2.45) is 5.84 Å². The van der Waals surface area contributed by atoms with Gasteiger partial charge in [-0.1, -0.05) is 11.6 Å². The van der Waals surface area contributed by atoms with Gasteiger partial charge in [-0.2, -0.15) is 0 Å². The molecule has 0 saturated carbocycles. The van der Waals surface area contributed by atoms with Crippen LogP contribution in [0.15, 0.2) is 29.6 Å². The first kappa shape index (κ1) is 15.6. The smallest absolute Gasteiger partial charge is 0.242 e. The molecular weight excluding hydrogens is 316 g/mol. The first-order valence-corrected chi connectivity index (χ1v) is 7.68. The minimum Gasteiger partial charge on any atom is -0.307 e. The number of sulfonamides is 1.